The summed E-state index contributed by atoms with van der Waals surface area (Å²) in [7, 11) is 0. The second kappa shape index (κ2) is 6.43. The molecule has 1 saturated carbocycles. The average molecular weight is 212 g/mol. The number of hydrogen-bond donors (Lipinski definition) is 3. The molecule has 4 nitrogen and oxygen atoms in total. The van der Waals surface area contributed by atoms with Gasteiger partial charge in [-0.05, 0) is 12.8 Å². The van der Waals surface area contributed by atoms with Crippen molar-refractivity contribution in [3.8, 4) is 0 Å². The Bertz CT molecular complexity index is 148. The van der Waals surface area contributed by atoms with E-state index in [9.17, 15) is 0 Å². The lowest BCUT2D eigenvalue weighted by molar-refractivity contribution is 0.231. The molecule has 0 amide bonds. The van der Waals surface area contributed by atoms with Gasteiger partial charge in [0.25, 0.3) is 0 Å². The smallest absolute Gasteiger partial charge is 0.0110 e. The molecule has 3 rings (SSSR count). The van der Waals surface area contributed by atoms with Gasteiger partial charge in [0, 0.05) is 58.4 Å². The monoisotopic (exact) mass is 212 g/mol. The largest absolute Gasteiger partial charge is 0.314 e. The van der Waals surface area contributed by atoms with Crippen LogP contribution in [0.3, 0.4) is 0 Å². The summed E-state index contributed by atoms with van der Waals surface area (Å²) >= 11 is 0. The molecule has 0 atom stereocenters. The van der Waals surface area contributed by atoms with Gasteiger partial charge in [0.15, 0.2) is 0 Å². The molecular weight excluding hydrogens is 188 g/mol. The Balaban J connectivity index is 0.000000124. The van der Waals surface area contributed by atoms with Crippen molar-refractivity contribution in [1.29, 1.82) is 0 Å². The molecule has 3 aliphatic rings. The molecule has 2 aliphatic heterocycles. The van der Waals surface area contributed by atoms with E-state index >= 15 is 0 Å². The van der Waals surface area contributed by atoms with Gasteiger partial charge in [0.1, 0.15) is 0 Å². The lowest BCUT2D eigenvalue weighted by atomic mass is 10.3. The predicted molar refractivity (Wildman–Crippen MR) is 63.2 cm³/mol. The summed E-state index contributed by atoms with van der Waals surface area (Å²) in [5, 5.41) is 9.80. The van der Waals surface area contributed by atoms with Gasteiger partial charge in [-0.1, -0.05) is 0 Å². The highest BCUT2D eigenvalue weighted by molar-refractivity contribution is 4.86. The number of piperazine rings is 2. The summed E-state index contributed by atoms with van der Waals surface area (Å²) in [5.74, 6) is 0. The first-order valence-electron chi connectivity index (χ1n) is 6.33. The molecule has 1 aliphatic carbocycles. The molecule has 0 aromatic heterocycles. The summed E-state index contributed by atoms with van der Waals surface area (Å²) in [6.07, 6.45) is 2.92. The Morgan fingerprint density at radius 1 is 0.667 bits per heavy atom. The highest BCUT2D eigenvalue weighted by atomic mass is 15.2. The van der Waals surface area contributed by atoms with Crippen LogP contribution in [0.25, 0.3) is 0 Å². The van der Waals surface area contributed by atoms with Crippen LogP contribution in [0, 0.1) is 0 Å². The van der Waals surface area contributed by atoms with Crippen molar-refractivity contribution >= 4 is 0 Å². The maximum atomic E-state index is 3.36. The van der Waals surface area contributed by atoms with Crippen LogP contribution in [0.2, 0.25) is 0 Å². The quantitative estimate of drug-likeness (QED) is 0.534. The van der Waals surface area contributed by atoms with Gasteiger partial charge in [-0.2, -0.15) is 0 Å². The minimum Gasteiger partial charge on any atom is -0.314 e. The van der Waals surface area contributed by atoms with E-state index in [1.807, 2.05) is 0 Å². The van der Waals surface area contributed by atoms with Crippen molar-refractivity contribution in [3.63, 3.8) is 0 Å². The van der Waals surface area contributed by atoms with Gasteiger partial charge in [-0.25, -0.2) is 0 Å². The standard InChI is InChI=1S/C7H14N2.C4H10N2/c1-2-7(1)9-5-3-8-4-6-9;1-2-6-4-3-5-1/h7-8H,1-6H2;5-6H,1-4H2. The van der Waals surface area contributed by atoms with E-state index in [0.29, 0.717) is 0 Å². The molecular formula is C11H24N4. The Labute approximate surface area is 92.8 Å². The first-order valence-corrected chi connectivity index (χ1v) is 6.33. The maximum absolute atomic E-state index is 3.36. The van der Waals surface area contributed by atoms with E-state index in [1.54, 1.807) is 0 Å². The van der Waals surface area contributed by atoms with E-state index in [-0.39, 0.29) is 0 Å². The summed E-state index contributed by atoms with van der Waals surface area (Å²) in [6.45, 7) is 9.53. The fourth-order valence-corrected chi connectivity index (χ4v) is 2.09. The molecule has 0 radical (unpaired) electrons. The highest BCUT2D eigenvalue weighted by Crippen LogP contribution is 2.26. The van der Waals surface area contributed by atoms with Crippen LogP contribution in [-0.2, 0) is 0 Å². The zero-order valence-corrected chi connectivity index (χ0v) is 9.60. The SMILES string of the molecule is C1CN(C2CC2)CCN1.C1CNCCN1. The minimum absolute atomic E-state index is 0.979. The lowest BCUT2D eigenvalue weighted by Gasteiger charge is -2.26. The van der Waals surface area contributed by atoms with Crippen molar-refractivity contribution in [1.82, 2.24) is 20.9 Å². The van der Waals surface area contributed by atoms with Crippen LogP contribution in [-0.4, -0.2) is 63.3 Å². The molecule has 88 valence electrons. The van der Waals surface area contributed by atoms with Crippen LogP contribution in [0.4, 0.5) is 0 Å². The average Bonchev–Trinajstić information content (AvgIpc) is 3.17. The van der Waals surface area contributed by atoms with Gasteiger partial charge in [-0.3, -0.25) is 4.90 Å². The molecule has 3 N–H and O–H groups in total. The normalized spacial score (nSPS) is 28.0. The molecule has 0 aromatic rings. The molecule has 0 bridgehead atoms. The summed E-state index contributed by atoms with van der Waals surface area (Å²) in [5.41, 5.74) is 0. The van der Waals surface area contributed by atoms with Crippen molar-refractivity contribution < 1.29 is 0 Å². The topological polar surface area (TPSA) is 39.3 Å². The number of nitrogens with one attached hydrogen (secondary N) is 3. The maximum Gasteiger partial charge on any atom is 0.0110 e. The number of hydrogen-bond acceptors (Lipinski definition) is 4. The zero-order chi connectivity index (χ0) is 10.3. The van der Waals surface area contributed by atoms with Crippen molar-refractivity contribution in [2.24, 2.45) is 0 Å². The van der Waals surface area contributed by atoms with Crippen LogP contribution >= 0.6 is 0 Å². The molecule has 2 heterocycles. The van der Waals surface area contributed by atoms with Crippen LogP contribution in [0.1, 0.15) is 12.8 Å². The van der Waals surface area contributed by atoms with Gasteiger partial charge < -0.3 is 16.0 Å². The van der Waals surface area contributed by atoms with E-state index < -0.39 is 0 Å². The fraction of sp³-hybridized carbons (Fsp3) is 1.00. The molecule has 0 spiro atoms. The van der Waals surface area contributed by atoms with Gasteiger partial charge in [-0.15, -0.1) is 0 Å². The molecule has 0 unspecified atom stereocenters. The number of rotatable bonds is 1. The van der Waals surface area contributed by atoms with Gasteiger partial charge >= 0.3 is 0 Å². The molecule has 2 saturated heterocycles. The summed E-state index contributed by atoms with van der Waals surface area (Å²) in [4.78, 5) is 2.61. The summed E-state index contributed by atoms with van der Waals surface area (Å²) < 4.78 is 0. The van der Waals surface area contributed by atoms with E-state index in [4.69, 9.17) is 0 Å². The third kappa shape index (κ3) is 4.47. The third-order valence-electron chi connectivity index (χ3n) is 3.17. The second-order valence-electron chi connectivity index (χ2n) is 4.52. The highest BCUT2D eigenvalue weighted by Gasteiger charge is 2.28. The van der Waals surface area contributed by atoms with E-state index in [2.05, 4.69) is 20.9 Å². The van der Waals surface area contributed by atoms with Crippen LogP contribution in [0.15, 0.2) is 0 Å². The Morgan fingerprint density at radius 3 is 1.53 bits per heavy atom. The van der Waals surface area contributed by atoms with E-state index in [0.717, 1.165) is 32.2 Å². The third-order valence-corrected chi connectivity index (χ3v) is 3.17. The Morgan fingerprint density at radius 2 is 1.13 bits per heavy atom. The van der Waals surface area contributed by atoms with E-state index in [1.165, 1.54) is 39.0 Å². The Hall–Kier alpha value is -0.160. The first-order chi connectivity index (χ1) is 7.47. The predicted octanol–water partition coefficient (Wildman–Crippen LogP) is -0.767. The Kier molecular flexibility index (Phi) is 4.86. The minimum atomic E-state index is 0.979. The molecule has 4 heteroatoms. The van der Waals surface area contributed by atoms with Gasteiger partial charge in [0.2, 0.25) is 0 Å². The fourth-order valence-electron chi connectivity index (χ4n) is 2.09. The van der Waals surface area contributed by atoms with Crippen molar-refractivity contribution in [3.05, 3.63) is 0 Å². The van der Waals surface area contributed by atoms with Crippen LogP contribution < -0.4 is 16.0 Å². The second-order valence-corrected chi connectivity index (χ2v) is 4.52. The zero-order valence-electron chi connectivity index (χ0n) is 9.60. The van der Waals surface area contributed by atoms with Crippen molar-refractivity contribution in [2.75, 3.05) is 52.4 Å². The summed E-state index contributed by atoms with van der Waals surface area (Å²) in [6, 6.07) is 0.979. The molecule has 3 fully saturated rings. The molecule has 15 heavy (non-hydrogen) atoms. The number of nitrogens with zero attached hydrogens (tertiary/aromatic N) is 1. The lowest BCUT2D eigenvalue weighted by Crippen LogP contribution is -2.44. The molecule has 0 aromatic carbocycles. The van der Waals surface area contributed by atoms with Gasteiger partial charge in [0.05, 0.1) is 0 Å². The first kappa shape index (κ1) is 11.3. The van der Waals surface area contributed by atoms with Crippen molar-refractivity contribution in [2.45, 2.75) is 18.9 Å². The van der Waals surface area contributed by atoms with Crippen LogP contribution in [0.5, 0.6) is 0 Å².